The number of aliphatic hydroxyl groups excluding tert-OH is 1. The van der Waals surface area contributed by atoms with Crippen molar-refractivity contribution in [3.05, 3.63) is 47.7 Å². The summed E-state index contributed by atoms with van der Waals surface area (Å²) < 4.78 is 14.0. The van der Waals surface area contributed by atoms with Gasteiger partial charge in [-0.25, -0.2) is 14.4 Å². The average Bonchev–Trinajstić information content (AvgIpc) is 3.57. The molecule has 1 aromatic heterocycles. The van der Waals surface area contributed by atoms with Crippen molar-refractivity contribution in [3.63, 3.8) is 0 Å². The molecule has 0 radical (unpaired) electrons. The van der Waals surface area contributed by atoms with Crippen LogP contribution in [0, 0.1) is 11.7 Å². The number of nitrogens with one attached hydrogen (secondary N) is 1. The molecular weight excluding hydrogens is 387 g/mol. The number of aliphatic hydroxyl groups is 2. The van der Waals surface area contributed by atoms with Crippen LogP contribution < -0.4 is 10.2 Å². The molecule has 7 nitrogen and oxygen atoms in total. The van der Waals surface area contributed by atoms with Crippen molar-refractivity contribution >= 4 is 17.4 Å². The van der Waals surface area contributed by atoms with E-state index in [9.17, 15) is 9.18 Å². The van der Waals surface area contributed by atoms with Gasteiger partial charge in [0.05, 0.1) is 0 Å². The lowest BCUT2D eigenvalue weighted by molar-refractivity contribution is -0.0449. The SMILES string of the molecule is O=C(Nc1ccc(C(O)O)c(F)c1)c1cc(N(CC2CC2)C2CCCCC2)ncn1. The Morgan fingerprint density at radius 1 is 1.13 bits per heavy atom. The standard InChI is InChI=1S/C22H27FN4O3/c23-18-10-15(8-9-17(18)22(29)30)26-21(28)19-11-20(25-13-24-19)27(12-14-6-7-14)16-4-2-1-3-5-16/h8-11,13-14,16,22,29-30H,1-7,12H2,(H,26,28). The highest BCUT2D eigenvalue weighted by Gasteiger charge is 2.30. The van der Waals surface area contributed by atoms with Crippen LogP contribution in [0.25, 0.3) is 0 Å². The molecule has 2 saturated carbocycles. The van der Waals surface area contributed by atoms with Crippen LogP contribution in [0.3, 0.4) is 0 Å². The van der Waals surface area contributed by atoms with Gasteiger partial charge < -0.3 is 20.4 Å². The van der Waals surface area contributed by atoms with Gasteiger partial charge in [0.1, 0.15) is 23.7 Å². The van der Waals surface area contributed by atoms with Crippen LogP contribution in [0.5, 0.6) is 0 Å². The van der Waals surface area contributed by atoms with Crippen molar-refractivity contribution in [3.8, 4) is 0 Å². The monoisotopic (exact) mass is 414 g/mol. The summed E-state index contributed by atoms with van der Waals surface area (Å²) in [5, 5.41) is 20.9. The maximum Gasteiger partial charge on any atom is 0.274 e. The quantitative estimate of drug-likeness (QED) is 0.601. The molecule has 1 amide bonds. The van der Waals surface area contributed by atoms with E-state index < -0.39 is 18.0 Å². The van der Waals surface area contributed by atoms with E-state index in [-0.39, 0.29) is 16.9 Å². The average molecular weight is 414 g/mol. The van der Waals surface area contributed by atoms with Gasteiger partial charge in [0.25, 0.3) is 5.91 Å². The fourth-order valence-electron chi connectivity index (χ4n) is 4.04. The van der Waals surface area contributed by atoms with Crippen molar-refractivity contribution in [1.82, 2.24) is 9.97 Å². The summed E-state index contributed by atoms with van der Waals surface area (Å²) in [5.41, 5.74) is 0.174. The van der Waals surface area contributed by atoms with Crippen LogP contribution in [0.15, 0.2) is 30.6 Å². The Balaban J connectivity index is 1.51. The Morgan fingerprint density at radius 2 is 1.90 bits per heavy atom. The van der Waals surface area contributed by atoms with E-state index in [4.69, 9.17) is 10.2 Å². The highest BCUT2D eigenvalue weighted by atomic mass is 19.1. The molecule has 1 aromatic carbocycles. The van der Waals surface area contributed by atoms with Gasteiger partial charge in [0.15, 0.2) is 6.29 Å². The third-order valence-corrected chi connectivity index (χ3v) is 5.88. The molecule has 2 aliphatic rings. The second-order valence-corrected chi connectivity index (χ2v) is 8.21. The van der Waals surface area contributed by atoms with Crippen molar-refractivity contribution in [2.45, 2.75) is 57.3 Å². The van der Waals surface area contributed by atoms with Gasteiger partial charge in [-0.05, 0) is 49.8 Å². The third-order valence-electron chi connectivity index (χ3n) is 5.88. The minimum Gasteiger partial charge on any atom is -0.364 e. The summed E-state index contributed by atoms with van der Waals surface area (Å²) in [6.07, 6.45) is 7.96. The number of hydrogen-bond donors (Lipinski definition) is 3. The van der Waals surface area contributed by atoms with Crippen LogP contribution in [0.2, 0.25) is 0 Å². The summed E-state index contributed by atoms with van der Waals surface area (Å²) in [6, 6.07) is 5.84. The molecular formula is C22H27FN4O3. The maximum atomic E-state index is 14.0. The topological polar surface area (TPSA) is 98.6 Å². The highest BCUT2D eigenvalue weighted by molar-refractivity contribution is 6.03. The minimum atomic E-state index is -1.91. The number of nitrogens with zero attached hydrogens (tertiary/aromatic N) is 3. The zero-order chi connectivity index (χ0) is 21.1. The number of anilines is 2. The molecule has 0 atom stereocenters. The lowest BCUT2D eigenvalue weighted by Gasteiger charge is -2.35. The van der Waals surface area contributed by atoms with Crippen molar-refractivity contribution in [1.29, 1.82) is 0 Å². The molecule has 2 fully saturated rings. The molecule has 0 bridgehead atoms. The lowest BCUT2D eigenvalue weighted by atomic mass is 9.94. The number of amides is 1. The van der Waals surface area contributed by atoms with Crippen molar-refractivity contribution < 1.29 is 19.4 Å². The zero-order valence-corrected chi connectivity index (χ0v) is 16.8. The molecule has 0 spiro atoms. The molecule has 0 saturated heterocycles. The Hall–Kier alpha value is -2.58. The predicted molar refractivity (Wildman–Crippen MR) is 111 cm³/mol. The third kappa shape index (κ3) is 4.94. The molecule has 8 heteroatoms. The zero-order valence-electron chi connectivity index (χ0n) is 16.8. The van der Waals surface area contributed by atoms with E-state index in [1.54, 1.807) is 6.07 Å². The van der Waals surface area contributed by atoms with Crippen LogP contribution in [0.4, 0.5) is 15.9 Å². The molecule has 30 heavy (non-hydrogen) atoms. The first-order valence-electron chi connectivity index (χ1n) is 10.6. The van der Waals surface area contributed by atoms with Gasteiger partial charge in [-0.1, -0.05) is 19.3 Å². The summed E-state index contributed by atoms with van der Waals surface area (Å²) in [4.78, 5) is 23.6. The molecule has 160 valence electrons. The Labute approximate surface area is 175 Å². The fourth-order valence-corrected chi connectivity index (χ4v) is 4.04. The summed E-state index contributed by atoms with van der Waals surface area (Å²) >= 11 is 0. The van der Waals surface area contributed by atoms with Gasteiger partial charge in [-0.2, -0.15) is 0 Å². The number of aromatic nitrogens is 2. The minimum absolute atomic E-state index is 0.211. The van der Waals surface area contributed by atoms with E-state index in [0.29, 0.717) is 12.0 Å². The number of halogens is 1. The molecule has 0 aliphatic heterocycles. The largest absolute Gasteiger partial charge is 0.364 e. The lowest BCUT2D eigenvalue weighted by Crippen LogP contribution is -2.39. The first-order chi connectivity index (χ1) is 14.5. The van der Waals surface area contributed by atoms with Gasteiger partial charge in [0, 0.05) is 29.9 Å². The Morgan fingerprint density at radius 3 is 2.57 bits per heavy atom. The second kappa shape index (κ2) is 9.06. The van der Waals surface area contributed by atoms with Crippen LogP contribution in [0.1, 0.15) is 67.3 Å². The van der Waals surface area contributed by atoms with E-state index in [1.165, 1.54) is 50.6 Å². The molecule has 1 heterocycles. The van der Waals surface area contributed by atoms with Crippen LogP contribution >= 0.6 is 0 Å². The van der Waals surface area contributed by atoms with E-state index in [2.05, 4.69) is 20.2 Å². The Kier molecular flexibility index (Phi) is 6.24. The number of carbonyl (C=O) groups is 1. The highest BCUT2D eigenvalue weighted by Crippen LogP contribution is 2.34. The summed E-state index contributed by atoms with van der Waals surface area (Å²) in [7, 11) is 0. The first kappa shape index (κ1) is 20.7. The van der Waals surface area contributed by atoms with Gasteiger partial charge in [-0.3, -0.25) is 4.79 Å². The number of hydrogen-bond acceptors (Lipinski definition) is 6. The molecule has 0 unspecified atom stereocenters. The van der Waals surface area contributed by atoms with Gasteiger partial charge in [0.2, 0.25) is 0 Å². The normalized spacial score (nSPS) is 17.2. The Bertz CT molecular complexity index is 898. The predicted octanol–water partition coefficient (Wildman–Crippen LogP) is 3.40. The van der Waals surface area contributed by atoms with Crippen molar-refractivity contribution in [2.75, 3.05) is 16.8 Å². The first-order valence-corrected chi connectivity index (χ1v) is 10.6. The van der Waals surface area contributed by atoms with Crippen molar-refractivity contribution in [2.24, 2.45) is 5.92 Å². The smallest absolute Gasteiger partial charge is 0.274 e. The van der Waals surface area contributed by atoms with Gasteiger partial charge >= 0.3 is 0 Å². The molecule has 2 aromatic rings. The summed E-state index contributed by atoms with van der Waals surface area (Å²) in [5.74, 6) is 0.186. The van der Waals surface area contributed by atoms with Crippen LogP contribution in [-0.2, 0) is 0 Å². The fraction of sp³-hybridized carbons (Fsp3) is 0.500. The van der Waals surface area contributed by atoms with Crippen LogP contribution in [-0.4, -0.2) is 38.7 Å². The second-order valence-electron chi connectivity index (χ2n) is 8.21. The molecule has 3 N–H and O–H groups in total. The number of carbonyl (C=O) groups excluding carboxylic acids is 1. The van der Waals surface area contributed by atoms with E-state index in [0.717, 1.165) is 31.3 Å². The number of benzene rings is 1. The molecule has 2 aliphatic carbocycles. The van der Waals surface area contributed by atoms with E-state index >= 15 is 0 Å². The summed E-state index contributed by atoms with van der Waals surface area (Å²) in [6.45, 7) is 0.957. The molecule has 4 rings (SSSR count). The maximum absolute atomic E-state index is 14.0. The van der Waals surface area contributed by atoms with E-state index in [1.807, 2.05) is 0 Å². The number of rotatable bonds is 7. The van der Waals surface area contributed by atoms with Gasteiger partial charge in [-0.15, -0.1) is 0 Å².